The van der Waals surface area contributed by atoms with E-state index in [9.17, 15) is 0 Å². The lowest BCUT2D eigenvalue weighted by Crippen LogP contribution is -2.20. The second kappa shape index (κ2) is 9.04. The minimum Gasteiger partial charge on any atom is -0.487 e. The molecule has 164 valence electrons. The van der Waals surface area contributed by atoms with E-state index < -0.39 is 12.6 Å². The van der Waals surface area contributed by atoms with Crippen molar-refractivity contribution in [1.82, 2.24) is 0 Å². The van der Waals surface area contributed by atoms with Gasteiger partial charge in [0, 0.05) is 5.41 Å². The van der Waals surface area contributed by atoms with Gasteiger partial charge in [0.2, 0.25) is 12.6 Å². The molecule has 6 heteroatoms. The van der Waals surface area contributed by atoms with E-state index >= 15 is 0 Å². The second-order valence-electron chi connectivity index (χ2n) is 8.09. The lowest BCUT2D eigenvalue weighted by molar-refractivity contribution is -0.0598. The van der Waals surface area contributed by atoms with Crippen LogP contribution in [0, 0.1) is 0 Å². The average Bonchev–Trinajstić information content (AvgIpc) is 3.39. The minimum atomic E-state index is -0.394. The summed E-state index contributed by atoms with van der Waals surface area (Å²) in [5, 5.41) is 0. The summed E-state index contributed by atoms with van der Waals surface area (Å²) < 4.78 is 33.2. The molecule has 2 aliphatic rings. The highest BCUT2D eigenvalue weighted by Crippen LogP contribution is 2.33. The van der Waals surface area contributed by atoms with Crippen LogP contribution in [-0.2, 0) is 24.4 Å². The summed E-state index contributed by atoms with van der Waals surface area (Å²) in [4.78, 5) is 0. The van der Waals surface area contributed by atoms with Gasteiger partial charge in [-0.15, -0.1) is 0 Å². The molecule has 2 saturated heterocycles. The molecule has 2 unspecified atom stereocenters. The fraction of sp³-hybridized carbons (Fsp3) is 0.360. The molecule has 6 nitrogen and oxygen atoms in total. The first kappa shape index (κ1) is 21.3. The fourth-order valence-corrected chi connectivity index (χ4v) is 3.47. The Balaban J connectivity index is 1.33. The van der Waals surface area contributed by atoms with Crippen LogP contribution in [0.5, 0.6) is 11.5 Å². The van der Waals surface area contributed by atoms with Gasteiger partial charge < -0.3 is 28.4 Å². The van der Waals surface area contributed by atoms with Crippen molar-refractivity contribution in [3.63, 3.8) is 0 Å². The Labute approximate surface area is 183 Å². The normalized spacial score (nSPS) is 21.0. The molecule has 2 heterocycles. The molecule has 0 radical (unpaired) electrons. The van der Waals surface area contributed by atoms with Gasteiger partial charge in [0.15, 0.2) is 13.2 Å². The first-order chi connectivity index (χ1) is 14.9. The topological polar surface area (TPSA) is 55.4 Å². The molecule has 2 aromatic rings. The van der Waals surface area contributed by atoms with Gasteiger partial charge in [0.25, 0.3) is 0 Å². The standard InChI is InChI=1S/C25H28O6/c1-17-13-28-23(30-17)15-26-21-9-5-19(6-10-21)25(3,4)20-7-11-22(12-8-20)27-16-24-29-14-18(2)31-24/h5-12,23-24H,1-2,13-16H2,3-4H3. The quantitative estimate of drug-likeness (QED) is 0.620. The van der Waals surface area contributed by atoms with E-state index in [2.05, 4.69) is 51.3 Å². The molecule has 4 rings (SSSR count). The lowest BCUT2D eigenvalue weighted by Gasteiger charge is -2.26. The van der Waals surface area contributed by atoms with Crippen molar-refractivity contribution in [3.05, 3.63) is 84.3 Å². The molecule has 0 saturated carbocycles. The average molecular weight is 424 g/mol. The summed E-state index contributed by atoms with van der Waals surface area (Å²) in [6.45, 7) is 13.4. The first-order valence-electron chi connectivity index (χ1n) is 10.3. The number of rotatable bonds is 8. The summed E-state index contributed by atoms with van der Waals surface area (Å²) in [6.07, 6.45) is -0.787. The Bertz CT molecular complexity index is 841. The van der Waals surface area contributed by atoms with Gasteiger partial charge in [0.1, 0.15) is 36.2 Å². The van der Waals surface area contributed by atoms with Crippen LogP contribution in [0.15, 0.2) is 73.2 Å². The van der Waals surface area contributed by atoms with Crippen molar-refractivity contribution in [3.8, 4) is 11.5 Å². The number of hydrogen-bond acceptors (Lipinski definition) is 6. The maximum absolute atomic E-state index is 5.77. The molecular weight excluding hydrogens is 396 g/mol. The third kappa shape index (κ3) is 5.21. The summed E-state index contributed by atoms with van der Waals surface area (Å²) in [5.41, 5.74) is 2.19. The Morgan fingerprint density at radius 1 is 0.742 bits per heavy atom. The zero-order valence-corrected chi connectivity index (χ0v) is 18.0. The van der Waals surface area contributed by atoms with E-state index in [-0.39, 0.29) is 5.41 Å². The summed E-state index contributed by atoms with van der Waals surface area (Å²) in [6, 6.07) is 16.2. The molecule has 0 amide bonds. The smallest absolute Gasteiger partial charge is 0.234 e. The third-order valence-corrected chi connectivity index (χ3v) is 5.38. The first-order valence-corrected chi connectivity index (χ1v) is 10.3. The van der Waals surface area contributed by atoms with E-state index in [4.69, 9.17) is 28.4 Å². The van der Waals surface area contributed by atoms with Crippen molar-refractivity contribution >= 4 is 0 Å². The molecule has 2 fully saturated rings. The molecule has 0 bridgehead atoms. The van der Waals surface area contributed by atoms with Crippen LogP contribution in [0.3, 0.4) is 0 Å². The Kier molecular flexibility index (Phi) is 6.20. The molecule has 0 N–H and O–H groups in total. The van der Waals surface area contributed by atoms with Crippen molar-refractivity contribution < 1.29 is 28.4 Å². The SMILES string of the molecule is C=C1COC(COc2ccc(C(C)(C)c3ccc(OCC4OCC(=C)O4)cc3)cc2)O1. The molecule has 0 aliphatic carbocycles. The van der Waals surface area contributed by atoms with Crippen LogP contribution in [0.4, 0.5) is 0 Å². The van der Waals surface area contributed by atoms with Gasteiger partial charge in [-0.3, -0.25) is 0 Å². The zero-order chi connectivity index (χ0) is 21.8. The van der Waals surface area contributed by atoms with Crippen molar-refractivity contribution in [2.24, 2.45) is 0 Å². The van der Waals surface area contributed by atoms with Gasteiger partial charge in [-0.2, -0.15) is 0 Å². The highest BCUT2D eigenvalue weighted by molar-refractivity contribution is 5.41. The molecular formula is C25H28O6. The summed E-state index contributed by atoms with van der Waals surface area (Å²) in [7, 11) is 0. The van der Waals surface area contributed by atoms with Crippen LogP contribution in [0.1, 0.15) is 25.0 Å². The second-order valence-corrected chi connectivity index (χ2v) is 8.09. The van der Waals surface area contributed by atoms with Gasteiger partial charge in [-0.25, -0.2) is 0 Å². The minimum absolute atomic E-state index is 0.179. The lowest BCUT2D eigenvalue weighted by atomic mass is 9.78. The predicted octanol–water partition coefficient (Wildman–Crippen LogP) is 4.54. The molecule has 2 atom stereocenters. The molecule has 2 aliphatic heterocycles. The van der Waals surface area contributed by atoms with E-state index in [0.29, 0.717) is 37.9 Å². The van der Waals surface area contributed by atoms with Crippen LogP contribution in [0.2, 0.25) is 0 Å². The van der Waals surface area contributed by atoms with Crippen molar-refractivity contribution in [2.75, 3.05) is 26.4 Å². The van der Waals surface area contributed by atoms with Gasteiger partial charge in [0.05, 0.1) is 0 Å². The molecule has 0 aromatic heterocycles. The molecule has 2 aromatic carbocycles. The number of ether oxygens (including phenoxy) is 6. The van der Waals surface area contributed by atoms with Crippen LogP contribution >= 0.6 is 0 Å². The third-order valence-electron chi connectivity index (χ3n) is 5.38. The monoisotopic (exact) mass is 424 g/mol. The van der Waals surface area contributed by atoms with E-state index in [0.717, 1.165) is 11.5 Å². The maximum atomic E-state index is 5.77. The van der Waals surface area contributed by atoms with E-state index in [1.165, 1.54) is 11.1 Å². The maximum Gasteiger partial charge on any atom is 0.234 e. The largest absolute Gasteiger partial charge is 0.487 e. The van der Waals surface area contributed by atoms with Crippen LogP contribution in [-0.4, -0.2) is 39.0 Å². The zero-order valence-electron chi connectivity index (χ0n) is 18.0. The Morgan fingerprint density at radius 3 is 1.45 bits per heavy atom. The Hall–Kier alpha value is -2.96. The van der Waals surface area contributed by atoms with Crippen molar-refractivity contribution in [1.29, 1.82) is 0 Å². The van der Waals surface area contributed by atoms with Gasteiger partial charge in [-0.05, 0) is 35.4 Å². The van der Waals surface area contributed by atoms with Crippen LogP contribution < -0.4 is 9.47 Å². The van der Waals surface area contributed by atoms with Crippen molar-refractivity contribution in [2.45, 2.75) is 31.8 Å². The number of hydrogen-bond donors (Lipinski definition) is 0. The number of benzene rings is 2. The summed E-state index contributed by atoms with van der Waals surface area (Å²) >= 11 is 0. The summed E-state index contributed by atoms with van der Waals surface area (Å²) in [5.74, 6) is 2.81. The van der Waals surface area contributed by atoms with E-state index in [1.54, 1.807) is 0 Å². The fourth-order valence-electron chi connectivity index (χ4n) is 3.47. The van der Waals surface area contributed by atoms with Gasteiger partial charge >= 0.3 is 0 Å². The Morgan fingerprint density at radius 2 is 1.13 bits per heavy atom. The molecule has 31 heavy (non-hydrogen) atoms. The molecule has 0 spiro atoms. The highest BCUT2D eigenvalue weighted by Gasteiger charge is 2.24. The highest BCUT2D eigenvalue weighted by atomic mass is 16.7. The predicted molar refractivity (Wildman–Crippen MR) is 116 cm³/mol. The van der Waals surface area contributed by atoms with E-state index in [1.807, 2.05) is 24.3 Å². The van der Waals surface area contributed by atoms with Gasteiger partial charge in [-0.1, -0.05) is 51.3 Å². The van der Waals surface area contributed by atoms with Crippen LogP contribution in [0.25, 0.3) is 0 Å².